The zero-order valence-electron chi connectivity index (χ0n) is 9.87. The van der Waals surface area contributed by atoms with Crippen molar-refractivity contribution in [3.63, 3.8) is 0 Å². The monoisotopic (exact) mass is 296 g/mol. The molecule has 19 heavy (non-hydrogen) atoms. The lowest BCUT2D eigenvalue weighted by Gasteiger charge is -2.10. The fourth-order valence-electron chi connectivity index (χ4n) is 1.29. The second kappa shape index (κ2) is 7.35. The van der Waals surface area contributed by atoms with Crippen LogP contribution in [0.3, 0.4) is 0 Å². The number of rotatable bonds is 7. The number of aldehydes is 1. The molecule has 0 atom stereocenters. The van der Waals surface area contributed by atoms with Crippen LogP contribution in [0.25, 0.3) is 0 Å². The Kier molecular flexibility index (Phi) is 6.11. The van der Waals surface area contributed by atoms with Crippen LogP contribution in [0.5, 0.6) is 5.75 Å². The zero-order valence-corrected chi connectivity index (χ0v) is 10.6. The lowest BCUT2D eigenvalue weighted by atomic mass is 10.2. The molecule has 0 spiro atoms. The summed E-state index contributed by atoms with van der Waals surface area (Å²) in [5, 5.41) is 0.265. The molecular weight excluding hydrogens is 285 g/mol. The Balaban J connectivity index is 2.30. The Morgan fingerprint density at radius 2 is 2.00 bits per heavy atom. The lowest BCUT2D eigenvalue weighted by Crippen LogP contribution is -2.18. The van der Waals surface area contributed by atoms with Crippen LogP contribution in [-0.4, -0.2) is 32.3 Å². The Morgan fingerprint density at radius 3 is 2.63 bits per heavy atom. The molecule has 3 nitrogen and oxygen atoms in total. The topological polar surface area (TPSA) is 35.5 Å². The molecule has 0 saturated heterocycles. The van der Waals surface area contributed by atoms with Gasteiger partial charge in [0, 0.05) is 6.42 Å². The Morgan fingerprint density at radius 1 is 1.26 bits per heavy atom. The molecule has 0 aromatic heterocycles. The van der Waals surface area contributed by atoms with Crippen molar-refractivity contribution < 1.29 is 27.4 Å². The van der Waals surface area contributed by atoms with Gasteiger partial charge in [0.2, 0.25) is 0 Å². The van der Waals surface area contributed by atoms with Gasteiger partial charge in [-0.3, -0.25) is 4.79 Å². The first-order valence-corrected chi connectivity index (χ1v) is 5.83. The summed E-state index contributed by atoms with van der Waals surface area (Å²) >= 11 is 5.78. The molecule has 1 rings (SSSR count). The van der Waals surface area contributed by atoms with E-state index in [9.17, 15) is 18.0 Å². The van der Waals surface area contributed by atoms with E-state index in [0.717, 1.165) is 0 Å². The number of ether oxygens (including phenoxy) is 2. The van der Waals surface area contributed by atoms with Gasteiger partial charge in [0.1, 0.15) is 12.4 Å². The summed E-state index contributed by atoms with van der Waals surface area (Å²) in [4.78, 5) is 10.8. The number of hydrogen-bond donors (Lipinski definition) is 0. The van der Waals surface area contributed by atoms with Crippen LogP contribution in [0.2, 0.25) is 5.02 Å². The first-order chi connectivity index (χ1) is 8.94. The minimum Gasteiger partial charge on any atom is -0.493 e. The third-order valence-corrected chi connectivity index (χ3v) is 2.42. The minimum absolute atomic E-state index is 0.0729. The third kappa shape index (κ3) is 5.94. The van der Waals surface area contributed by atoms with E-state index < -0.39 is 12.8 Å². The van der Waals surface area contributed by atoms with E-state index in [1.54, 1.807) is 18.2 Å². The molecule has 0 fully saturated rings. The highest BCUT2D eigenvalue weighted by molar-refractivity contribution is 6.33. The van der Waals surface area contributed by atoms with E-state index in [1.165, 1.54) is 0 Å². The quantitative estimate of drug-likeness (QED) is 0.570. The van der Waals surface area contributed by atoms with Gasteiger partial charge in [-0.1, -0.05) is 17.7 Å². The molecule has 0 amide bonds. The van der Waals surface area contributed by atoms with Gasteiger partial charge in [0.15, 0.2) is 6.29 Å². The molecule has 0 saturated carbocycles. The average Bonchev–Trinajstić information content (AvgIpc) is 2.32. The number of hydrogen-bond acceptors (Lipinski definition) is 3. The number of carbonyl (C=O) groups is 1. The van der Waals surface area contributed by atoms with Crippen molar-refractivity contribution >= 4 is 17.9 Å². The van der Waals surface area contributed by atoms with Crippen molar-refractivity contribution in [1.29, 1.82) is 0 Å². The van der Waals surface area contributed by atoms with Crippen LogP contribution in [0, 0.1) is 0 Å². The predicted octanol–water partition coefficient (Wildman–Crippen LogP) is 3.50. The standard InChI is InChI=1S/C12H12ClF3O3/c13-10-3-1-4-11(9(10)7-17)19-6-2-5-18-8-12(14,15)16/h1,3-4,7H,2,5-6,8H2. The predicted molar refractivity (Wildman–Crippen MR) is 63.8 cm³/mol. The van der Waals surface area contributed by atoms with Gasteiger partial charge < -0.3 is 9.47 Å². The highest BCUT2D eigenvalue weighted by Crippen LogP contribution is 2.24. The highest BCUT2D eigenvalue weighted by atomic mass is 35.5. The van der Waals surface area contributed by atoms with Crippen molar-refractivity contribution in [1.82, 2.24) is 0 Å². The molecule has 1 aromatic carbocycles. The minimum atomic E-state index is -4.32. The Bertz CT molecular complexity index is 421. The van der Waals surface area contributed by atoms with E-state index >= 15 is 0 Å². The molecule has 0 heterocycles. The molecule has 106 valence electrons. The molecule has 0 aliphatic carbocycles. The van der Waals surface area contributed by atoms with Crippen molar-refractivity contribution in [3.05, 3.63) is 28.8 Å². The smallest absolute Gasteiger partial charge is 0.411 e. The van der Waals surface area contributed by atoms with Crippen LogP contribution in [0.15, 0.2) is 18.2 Å². The lowest BCUT2D eigenvalue weighted by molar-refractivity contribution is -0.174. The SMILES string of the molecule is O=Cc1c(Cl)cccc1OCCCOCC(F)(F)F. The van der Waals surface area contributed by atoms with Crippen molar-refractivity contribution in [3.8, 4) is 5.75 Å². The largest absolute Gasteiger partial charge is 0.493 e. The van der Waals surface area contributed by atoms with Crippen LogP contribution >= 0.6 is 11.6 Å². The number of alkyl halides is 3. The second-order valence-electron chi connectivity index (χ2n) is 3.64. The maximum Gasteiger partial charge on any atom is 0.411 e. The van der Waals surface area contributed by atoms with Crippen molar-refractivity contribution in [2.75, 3.05) is 19.8 Å². The molecule has 0 unspecified atom stereocenters. The maximum atomic E-state index is 11.8. The van der Waals surface area contributed by atoms with E-state index in [2.05, 4.69) is 4.74 Å². The fourth-order valence-corrected chi connectivity index (χ4v) is 1.50. The summed E-state index contributed by atoms with van der Waals surface area (Å²) < 4.78 is 45.0. The van der Waals surface area contributed by atoms with Crippen LogP contribution in [0.1, 0.15) is 16.8 Å². The summed E-state index contributed by atoms with van der Waals surface area (Å²) in [6, 6.07) is 4.72. The van der Waals surface area contributed by atoms with Crippen molar-refractivity contribution in [2.24, 2.45) is 0 Å². The number of benzene rings is 1. The van der Waals surface area contributed by atoms with Gasteiger partial charge in [-0.05, 0) is 12.1 Å². The molecule has 0 aliphatic heterocycles. The van der Waals surface area contributed by atoms with Crippen molar-refractivity contribution in [2.45, 2.75) is 12.6 Å². The Labute approximate surface area is 113 Å². The second-order valence-corrected chi connectivity index (χ2v) is 4.05. The average molecular weight is 297 g/mol. The van der Waals surface area contributed by atoms with E-state index in [4.69, 9.17) is 16.3 Å². The van der Waals surface area contributed by atoms with E-state index in [0.29, 0.717) is 12.0 Å². The van der Waals surface area contributed by atoms with Gasteiger partial charge in [0.05, 0.1) is 23.8 Å². The summed E-state index contributed by atoms with van der Waals surface area (Å²) in [7, 11) is 0. The molecule has 0 bridgehead atoms. The summed E-state index contributed by atoms with van der Waals surface area (Å²) in [5.41, 5.74) is 0.223. The summed E-state index contributed by atoms with van der Waals surface area (Å²) in [5.74, 6) is 0.304. The van der Waals surface area contributed by atoms with Gasteiger partial charge in [-0.15, -0.1) is 0 Å². The third-order valence-electron chi connectivity index (χ3n) is 2.09. The molecule has 7 heteroatoms. The fraction of sp³-hybridized carbons (Fsp3) is 0.417. The molecule has 0 N–H and O–H groups in total. The normalized spacial score (nSPS) is 11.4. The molecular formula is C12H12ClF3O3. The maximum absolute atomic E-state index is 11.8. The first kappa shape index (κ1) is 15.8. The summed E-state index contributed by atoms with van der Waals surface area (Å²) in [6.45, 7) is -1.21. The number of halogens is 4. The summed E-state index contributed by atoms with van der Waals surface area (Å²) in [6.07, 6.45) is -3.47. The van der Waals surface area contributed by atoms with E-state index in [1.807, 2.05) is 0 Å². The van der Waals surface area contributed by atoms with Gasteiger partial charge >= 0.3 is 6.18 Å². The zero-order chi connectivity index (χ0) is 14.3. The van der Waals surface area contributed by atoms with E-state index in [-0.39, 0.29) is 30.2 Å². The van der Waals surface area contributed by atoms with Crippen LogP contribution < -0.4 is 4.74 Å². The van der Waals surface area contributed by atoms with Gasteiger partial charge in [-0.2, -0.15) is 13.2 Å². The molecule has 1 aromatic rings. The highest BCUT2D eigenvalue weighted by Gasteiger charge is 2.27. The van der Waals surface area contributed by atoms with Gasteiger partial charge in [0.25, 0.3) is 0 Å². The molecule has 0 aliphatic rings. The molecule has 0 radical (unpaired) electrons. The van der Waals surface area contributed by atoms with Crippen LogP contribution in [0.4, 0.5) is 13.2 Å². The van der Waals surface area contributed by atoms with Crippen LogP contribution in [-0.2, 0) is 4.74 Å². The first-order valence-electron chi connectivity index (χ1n) is 5.45. The Hall–Kier alpha value is -1.27. The number of carbonyl (C=O) groups excluding carboxylic acids is 1. The van der Waals surface area contributed by atoms with Gasteiger partial charge in [-0.25, -0.2) is 0 Å².